The lowest BCUT2D eigenvalue weighted by atomic mass is 9.82. The minimum Gasteiger partial charge on any atom is -0.456 e. The number of hydrogen-bond donors (Lipinski definition) is 0. The third kappa shape index (κ3) is 5.44. The van der Waals surface area contributed by atoms with E-state index in [4.69, 9.17) is 19.4 Å². The van der Waals surface area contributed by atoms with Crippen molar-refractivity contribution in [2.75, 3.05) is 4.90 Å². The second-order valence-corrected chi connectivity index (χ2v) is 14.4. The first-order valence-electron chi connectivity index (χ1n) is 19.0. The SMILES string of the molecule is C1=CC2C(c3ccccc3N2c2cccc(-c3ccc(-c4ccccc4)cc3)c2)c2c1oc1cc(-c3nc(-c4ccccc4)nc(-c4ccccc4)n3)ccc21. The fraction of sp³-hybridized carbons (Fsp3) is 0.0392. The molecule has 0 saturated heterocycles. The zero-order valence-corrected chi connectivity index (χ0v) is 30.3. The second kappa shape index (κ2) is 13.2. The van der Waals surface area contributed by atoms with Gasteiger partial charge in [0, 0.05) is 44.9 Å². The summed E-state index contributed by atoms with van der Waals surface area (Å²) in [6.07, 6.45) is 4.47. The number of fused-ring (bicyclic) bond motifs is 7. The highest BCUT2D eigenvalue weighted by Crippen LogP contribution is 2.54. The molecule has 2 unspecified atom stereocenters. The number of nitrogens with zero attached hydrogens (tertiary/aromatic N) is 4. The fourth-order valence-electron chi connectivity index (χ4n) is 8.46. The quantitative estimate of drug-likeness (QED) is 0.171. The summed E-state index contributed by atoms with van der Waals surface area (Å²) in [6, 6.07) is 63.8. The molecule has 56 heavy (non-hydrogen) atoms. The topological polar surface area (TPSA) is 55.1 Å². The van der Waals surface area contributed by atoms with Gasteiger partial charge in [-0.2, -0.15) is 0 Å². The average Bonchev–Trinajstić information content (AvgIpc) is 3.82. The van der Waals surface area contributed by atoms with Crippen molar-refractivity contribution in [1.29, 1.82) is 0 Å². The number of para-hydroxylation sites is 1. The van der Waals surface area contributed by atoms with Crippen LogP contribution in [0.3, 0.4) is 0 Å². The van der Waals surface area contributed by atoms with Crippen LogP contribution in [-0.2, 0) is 0 Å². The first kappa shape index (κ1) is 32.1. The Morgan fingerprint density at radius 1 is 0.446 bits per heavy atom. The van der Waals surface area contributed by atoms with Crippen LogP contribution in [0.2, 0.25) is 0 Å². The lowest BCUT2D eigenvalue weighted by Gasteiger charge is -2.30. The van der Waals surface area contributed by atoms with Gasteiger partial charge >= 0.3 is 0 Å². The van der Waals surface area contributed by atoms with E-state index >= 15 is 0 Å². The molecule has 0 radical (unpaired) electrons. The van der Waals surface area contributed by atoms with Gasteiger partial charge in [0.05, 0.1) is 6.04 Å². The Labute approximate surface area is 324 Å². The van der Waals surface area contributed by atoms with Crippen LogP contribution >= 0.6 is 0 Å². The van der Waals surface area contributed by atoms with Crippen molar-refractivity contribution in [3.63, 3.8) is 0 Å². The van der Waals surface area contributed by atoms with E-state index in [1.807, 2.05) is 60.7 Å². The predicted molar refractivity (Wildman–Crippen MR) is 226 cm³/mol. The highest BCUT2D eigenvalue weighted by atomic mass is 16.3. The first-order chi connectivity index (χ1) is 27.7. The van der Waals surface area contributed by atoms with Crippen LogP contribution in [-0.4, -0.2) is 21.0 Å². The molecule has 5 nitrogen and oxygen atoms in total. The molecule has 0 fully saturated rings. The van der Waals surface area contributed by atoms with Gasteiger partial charge in [-0.1, -0.05) is 164 Å². The smallest absolute Gasteiger partial charge is 0.164 e. The number of benzene rings is 7. The Balaban J connectivity index is 0.969. The molecule has 0 bridgehead atoms. The second-order valence-electron chi connectivity index (χ2n) is 14.4. The van der Waals surface area contributed by atoms with Crippen molar-refractivity contribution in [1.82, 2.24) is 15.0 Å². The number of furan rings is 1. The van der Waals surface area contributed by atoms with Crippen molar-refractivity contribution in [2.45, 2.75) is 12.0 Å². The van der Waals surface area contributed by atoms with Crippen molar-refractivity contribution in [3.8, 4) is 56.4 Å². The Morgan fingerprint density at radius 3 is 1.66 bits per heavy atom. The Kier molecular flexibility index (Phi) is 7.56. The molecule has 2 aromatic heterocycles. The average molecular weight is 719 g/mol. The number of hydrogen-bond acceptors (Lipinski definition) is 5. The van der Waals surface area contributed by atoms with Gasteiger partial charge in [-0.05, 0) is 58.2 Å². The highest BCUT2D eigenvalue weighted by Gasteiger charge is 2.43. The van der Waals surface area contributed by atoms with Crippen molar-refractivity contribution < 1.29 is 4.42 Å². The minimum atomic E-state index is 0.0847. The summed E-state index contributed by atoms with van der Waals surface area (Å²) in [4.78, 5) is 17.3. The zero-order valence-electron chi connectivity index (χ0n) is 30.3. The molecule has 9 aromatic rings. The van der Waals surface area contributed by atoms with Crippen LogP contribution in [0.15, 0.2) is 192 Å². The Hall–Kier alpha value is -7.37. The lowest BCUT2D eigenvalue weighted by Crippen LogP contribution is -2.30. The van der Waals surface area contributed by atoms with Crippen LogP contribution in [0.4, 0.5) is 11.4 Å². The van der Waals surface area contributed by atoms with Gasteiger partial charge in [-0.3, -0.25) is 0 Å². The third-order valence-electron chi connectivity index (χ3n) is 11.1. The van der Waals surface area contributed by atoms with Gasteiger partial charge in [0.25, 0.3) is 0 Å². The molecule has 3 heterocycles. The summed E-state index contributed by atoms with van der Waals surface area (Å²) >= 11 is 0. The summed E-state index contributed by atoms with van der Waals surface area (Å²) in [6.45, 7) is 0. The van der Waals surface area contributed by atoms with E-state index < -0.39 is 0 Å². The normalized spacial score (nSPS) is 15.4. The summed E-state index contributed by atoms with van der Waals surface area (Å²) in [5.74, 6) is 2.87. The van der Waals surface area contributed by atoms with Gasteiger partial charge in [-0.15, -0.1) is 0 Å². The number of anilines is 2. The molecular weight excluding hydrogens is 685 g/mol. The summed E-state index contributed by atoms with van der Waals surface area (Å²) in [7, 11) is 0. The maximum absolute atomic E-state index is 6.69. The summed E-state index contributed by atoms with van der Waals surface area (Å²) < 4.78 is 6.69. The van der Waals surface area contributed by atoms with E-state index in [2.05, 4.69) is 138 Å². The molecular formula is C51H34N4O. The van der Waals surface area contributed by atoms with Gasteiger partial charge in [-0.25, -0.2) is 15.0 Å². The molecule has 0 amide bonds. The largest absolute Gasteiger partial charge is 0.456 e. The maximum atomic E-state index is 6.69. The molecule has 264 valence electrons. The maximum Gasteiger partial charge on any atom is 0.164 e. The van der Waals surface area contributed by atoms with E-state index in [1.54, 1.807) is 0 Å². The molecule has 1 aliphatic carbocycles. The van der Waals surface area contributed by atoms with Crippen LogP contribution in [0.1, 0.15) is 22.8 Å². The van der Waals surface area contributed by atoms with Gasteiger partial charge in [0.15, 0.2) is 17.5 Å². The van der Waals surface area contributed by atoms with Crippen LogP contribution in [0.5, 0.6) is 0 Å². The third-order valence-corrected chi connectivity index (χ3v) is 11.1. The molecule has 0 spiro atoms. The molecule has 5 heteroatoms. The Bertz CT molecular complexity index is 2860. The standard InChI is InChI=1S/C51H34N4O/c1-4-13-33(14-5-1)34-23-25-35(26-24-34)38-19-12-20-40(31-38)55-43-22-11-10-21-41(43)47-44(55)29-30-45-48(47)42-28-27-39(32-46(42)56-45)51-53-49(36-15-6-2-7-16-36)52-50(54-51)37-17-8-3-9-18-37/h1-32,44,47H. The van der Waals surface area contributed by atoms with Gasteiger partial charge < -0.3 is 9.32 Å². The minimum absolute atomic E-state index is 0.0847. The molecule has 2 atom stereocenters. The van der Waals surface area contributed by atoms with Crippen LogP contribution in [0, 0.1) is 0 Å². The van der Waals surface area contributed by atoms with E-state index in [9.17, 15) is 0 Å². The predicted octanol–water partition coefficient (Wildman–Crippen LogP) is 12.6. The Morgan fingerprint density at radius 2 is 0.982 bits per heavy atom. The van der Waals surface area contributed by atoms with Crippen molar-refractivity contribution in [3.05, 3.63) is 205 Å². The zero-order chi connectivity index (χ0) is 37.0. The molecule has 7 aromatic carbocycles. The summed E-state index contributed by atoms with van der Waals surface area (Å²) in [5, 5.41) is 1.10. The monoisotopic (exact) mass is 718 g/mol. The van der Waals surface area contributed by atoms with E-state index in [-0.39, 0.29) is 12.0 Å². The van der Waals surface area contributed by atoms with E-state index in [1.165, 1.54) is 39.1 Å². The van der Waals surface area contributed by atoms with Crippen LogP contribution < -0.4 is 4.90 Å². The number of rotatable bonds is 6. The molecule has 1 aliphatic heterocycles. The molecule has 0 saturated carbocycles. The molecule has 0 N–H and O–H groups in total. The fourth-order valence-corrected chi connectivity index (χ4v) is 8.46. The molecule has 2 aliphatic rings. The van der Waals surface area contributed by atoms with Gasteiger partial charge in [0.1, 0.15) is 11.3 Å². The first-order valence-corrected chi connectivity index (χ1v) is 19.0. The molecule has 11 rings (SSSR count). The van der Waals surface area contributed by atoms with Crippen molar-refractivity contribution >= 4 is 28.4 Å². The van der Waals surface area contributed by atoms with E-state index in [0.717, 1.165) is 39.1 Å². The lowest BCUT2D eigenvalue weighted by molar-refractivity contribution is 0.584. The number of aromatic nitrogens is 3. The highest BCUT2D eigenvalue weighted by molar-refractivity contribution is 5.92. The van der Waals surface area contributed by atoms with Crippen LogP contribution in [0.25, 0.3) is 73.5 Å². The van der Waals surface area contributed by atoms with Crippen molar-refractivity contribution in [2.24, 2.45) is 0 Å². The van der Waals surface area contributed by atoms with Gasteiger partial charge in [0.2, 0.25) is 0 Å². The van der Waals surface area contributed by atoms with E-state index in [0.29, 0.717) is 17.5 Å². The summed E-state index contributed by atoms with van der Waals surface area (Å²) in [5.41, 5.74) is 13.3.